The molecular formula is C15H23N3OS. The lowest BCUT2D eigenvalue weighted by Crippen LogP contribution is -2.44. The zero-order valence-electron chi connectivity index (χ0n) is 12.6. The van der Waals surface area contributed by atoms with E-state index in [1.54, 1.807) is 7.11 Å². The molecule has 2 atom stereocenters. The summed E-state index contributed by atoms with van der Waals surface area (Å²) in [6.45, 7) is 8.07. The Morgan fingerprint density at radius 3 is 2.80 bits per heavy atom. The highest BCUT2D eigenvalue weighted by Crippen LogP contribution is 2.29. The molecule has 2 heterocycles. The first-order valence-electron chi connectivity index (χ1n) is 6.99. The molecule has 0 aliphatic carbocycles. The van der Waals surface area contributed by atoms with Gasteiger partial charge in [-0.3, -0.25) is 4.98 Å². The summed E-state index contributed by atoms with van der Waals surface area (Å²) in [5, 5.41) is 0. The van der Waals surface area contributed by atoms with E-state index in [4.69, 9.17) is 22.7 Å². The van der Waals surface area contributed by atoms with Gasteiger partial charge in [-0.15, -0.1) is 0 Å². The third-order valence-corrected chi connectivity index (χ3v) is 4.29. The van der Waals surface area contributed by atoms with Crippen molar-refractivity contribution in [1.29, 1.82) is 0 Å². The number of thiocarbonyl (C=S) groups is 1. The van der Waals surface area contributed by atoms with Gasteiger partial charge in [0.15, 0.2) is 0 Å². The highest BCUT2D eigenvalue weighted by atomic mass is 32.1. The first-order chi connectivity index (χ1) is 9.43. The fraction of sp³-hybridized carbons (Fsp3) is 0.600. The molecular weight excluding hydrogens is 270 g/mol. The Hall–Kier alpha value is -1.20. The molecule has 110 valence electrons. The summed E-state index contributed by atoms with van der Waals surface area (Å²) >= 11 is 5.21. The number of hydrogen-bond donors (Lipinski definition) is 1. The molecule has 1 aromatic heterocycles. The van der Waals surface area contributed by atoms with Crippen LogP contribution in [0, 0.1) is 19.8 Å². The normalized spacial score (nSPS) is 22.9. The monoisotopic (exact) mass is 293 g/mol. The molecule has 0 radical (unpaired) electrons. The molecule has 4 nitrogen and oxygen atoms in total. The van der Waals surface area contributed by atoms with Gasteiger partial charge in [0.1, 0.15) is 4.99 Å². The van der Waals surface area contributed by atoms with Crippen molar-refractivity contribution in [2.24, 2.45) is 11.7 Å². The van der Waals surface area contributed by atoms with E-state index in [2.05, 4.69) is 22.9 Å². The Kier molecular flexibility index (Phi) is 4.60. The number of methoxy groups -OCH3 is 1. The largest absolute Gasteiger partial charge is 0.389 e. The van der Waals surface area contributed by atoms with Crippen LogP contribution in [0.5, 0.6) is 0 Å². The van der Waals surface area contributed by atoms with Gasteiger partial charge >= 0.3 is 0 Å². The molecule has 0 bridgehead atoms. The lowest BCUT2D eigenvalue weighted by molar-refractivity contribution is 0.0498. The Balaban J connectivity index is 2.39. The van der Waals surface area contributed by atoms with Crippen molar-refractivity contribution < 1.29 is 4.74 Å². The van der Waals surface area contributed by atoms with Crippen LogP contribution in [0.4, 0.5) is 5.69 Å². The number of nitrogens with zero attached hydrogens (tertiary/aromatic N) is 2. The molecule has 1 aromatic rings. The van der Waals surface area contributed by atoms with E-state index in [-0.39, 0.29) is 6.10 Å². The standard InChI is InChI=1S/C15H23N3OS/c1-9-5-6-18(8-13(9)19-4)12-7-10(2)17-11(3)14(12)15(16)20/h7,9,13H,5-6,8H2,1-4H3,(H2,16,20). The number of aromatic nitrogens is 1. The van der Waals surface area contributed by atoms with Gasteiger partial charge in [-0.1, -0.05) is 19.1 Å². The molecule has 1 aliphatic rings. The Morgan fingerprint density at radius 2 is 2.20 bits per heavy atom. The van der Waals surface area contributed by atoms with Crippen LogP contribution in [0.15, 0.2) is 6.07 Å². The van der Waals surface area contributed by atoms with Gasteiger partial charge in [0.25, 0.3) is 0 Å². The van der Waals surface area contributed by atoms with Gasteiger partial charge in [0, 0.05) is 31.6 Å². The van der Waals surface area contributed by atoms with E-state index in [1.807, 2.05) is 13.8 Å². The van der Waals surface area contributed by atoms with Crippen molar-refractivity contribution in [3.63, 3.8) is 0 Å². The van der Waals surface area contributed by atoms with E-state index in [0.717, 1.165) is 42.1 Å². The molecule has 5 heteroatoms. The third-order valence-electron chi connectivity index (χ3n) is 4.09. The molecule has 1 aliphatic heterocycles. The molecule has 0 amide bonds. The summed E-state index contributed by atoms with van der Waals surface area (Å²) in [6.07, 6.45) is 1.35. The number of anilines is 1. The van der Waals surface area contributed by atoms with Crippen LogP contribution in [-0.2, 0) is 4.74 Å². The van der Waals surface area contributed by atoms with Crippen LogP contribution < -0.4 is 10.6 Å². The first kappa shape index (κ1) is 15.2. The second-order valence-electron chi connectivity index (χ2n) is 5.59. The molecule has 0 aromatic carbocycles. The summed E-state index contributed by atoms with van der Waals surface area (Å²) in [4.78, 5) is 7.22. The van der Waals surface area contributed by atoms with Gasteiger partial charge in [-0.2, -0.15) is 0 Å². The van der Waals surface area contributed by atoms with E-state index < -0.39 is 0 Å². The van der Waals surface area contributed by atoms with Gasteiger partial charge < -0.3 is 15.4 Å². The molecule has 1 saturated heterocycles. The molecule has 1 fully saturated rings. The molecule has 0 spiro atoms. The summed E-state index contributed by atoms with van der Waals surface area (Å²) < 4.78 is 5.59. The van der Waals surface area contributed by atoms with Gasteiger partial charge in [-0.25, -0.2) is 0 Å². The van der Waals surface area contributed by atoms with Crippen LogP contribution in [0.2, 0.25) is 0 Å². The van der Waals surface area contributed by atoms with Crippen LogP contribution >= 0.6 is 12.2 Å². The maximum absolute atomic E-state index is 5.90. The number of aryl methyl sites for hydroxylation is 2. The van der Waals surface area contributed by atoms with Crippen molar-refractivity contribution in [3.8, 4) is 0 Å². The van der Waals surface area contributed by atoms with Crippen LogP contribution in [0.3, 0.4) is 0 Å². The van der Waals surface area contributed by atoms with Crippen LogP contribution in [0.25, 0.3) is 0 Å². The number of nitrogens with two attached hydrogens (primary N) is 1. The van der Waals surface area contributed by atoms with Gasteiger partial charge in [-0.05, 0) is 32.3 Å². The van der Waals surface area contributed by atoms with Crippen molar-refractivity contribution in [3.05, 3.63) is 23.0 Å². The molecule has 2 N–H and O–H groups in total. The third kappa shape index (κ3) is 2.94. The number of ether oxygens (including phenoxy) is 1. The average Bonchev–Trinajstić information content (AvgIpc) is 2.37. The second kappa shape index (κ2) is 6.06. The number of pyridine rings is 1. The predicted molar refractivity (Wildman–Crippen MR) is 86.4 cm³/mol. The minimum atomic E-state index is 0.247. The lowest BCUT2D eigenvalue weighted by Gasteiger charge is -2.38. The number of piperidine rings is 1. The van der Waals surface area contributed by atoms with Gasteiger partial charge in [0.05, 0.1) is 17.4 Å². The summed E-state index contributed by atoms with van der Waals surface area (Å²) in [6, 6.07) is 2.07. The Labute approximate surface area is 126 Å². The van der Waals surface area contributed by atoms with Crippen LogP contribution in [-0.4, -0.2) is 36.3 Å². The molecule has 2 unspecified atom stereocenters. The fourth-order valence-corrected chi connectivity index (χ4v) is 3.17. The van der Waals surface area contributed by atoms with Crippen molar-refractivity contribution in [1.82, 2.24) is 4.98 Å². The minimum Gasteiger partial charge on any atom is -0.389 e. The molecule has 2 rings (SSSR count). The zero-order valence-corrected chi connectivity index (χ0v) is 13.5. The van der Waals surface area contributed by atoms with Gasteiger partial charge in [0.2, 0.25) is 0 Å². The Morgan fingerprint density at radius 1 is 1.50 bits per heavy atom. The highest BCUT2D eigenvalue weighted by molar-refractivity contribution is 7.80. The summed E-state index contributed by atoms with van der Waals surface area (Å²) in [5.41, 5.74) is 9.79. The quantitative estimate of drug-likeness (QED) is 0.866. The van der Waals surface area contributed by atoms with E-state index in [1.165, 1.54) is 0 Å². The first-order valence-corrected chi connectivity index (χ1v) is 7.40. The zero-order chi connectivity index (χ0) is 14.9. The second-order valence-corrected chi connectivity index (χ2v) is 6.03. The van der Waals surface area contributed by atoms with Crippen LogP contribution in [0.1, 0.15) is 30.3 Å². The average molecular weight is 293 g/mol. The Bertz CT molecular complexity index is 518. The summed E-state index contributed by atoms with van der Waals surface area (Å²) in [5.74, 6) is 0.577. The lowest BCUT2D eigenvalue weighted by atomic mass is 9.94. The van der Waals surface area contributed by atoms with Crippen molar-refractivity contribution in [2.75, 3.05) is 25.1 Å². The highest BCUT2D eigenvalue weighted by Gasteiger charge is 2.28. The molecule has 20 heavy (non-hydrogen) atoms. The predicted octanol–water partition coefficient (Wildman–Crippen LogP) is 2.19. The summed E-state index contributed by atoms with van der Waals surface area (Å²) in [7, 11) is 1.78. The number of hydrogen-bond acceptors (Lipinski definition) is 4. The molecule has 0 saturated carbocycles. The maximum atomic E-state index is 5.90. The van der Waals surface area contributed by atoms with E-state index in [0.29, 0.717) is 10.9 Å². The fourth-order valence-electron chi connectivity index (χ4n) is 2.92. The van der Waals surface area contributed by atoms with E-state index in [9.17, 15) is 0 Å². The minimum absolute atomic E-state index is 0.247. The smallest absolute Gasteiger partial charge is 0.107 e. The van der Waals surface area contributed by atoms with Crippen molar-refractivity contribution in [2.45, 2.75) is 33.3 Å². The topological polar surface area (TPSA) is 51.4 Å². The maximum Gasteiger partial charge on any atom is 0.107 e. The van der Waals surface area contributed by atoms with E-state index >= 15 is 0 Å². The SMILES string of the molecule is COC1CN(c2cc(C)nc(C)c2C(N)=S)CCC1C. The number of rotatable bonds is 3. The van der Waals surface area contributed by atoms with Crippen molar-refractivity contribution >= 4 is 22.9 Å².